The quantitative estimate of drug-likeness (QED) is 0.293. The summed E-state index contributed by atoms with van der Waals surface area (Å²) >= 11 is 0. The van der Waals surface area contributed by atoms with E-state index < -0.39 is 17.4 Å². The topological polar surface area (TPSA) is 74.6 Å². The van der Waals surface area contributed by atoms with Gasteiger partial charge in [-0.15, -0.1) is 0 Å². The molecule has 0 saturated carbocycles. The van der Waals surface area contributed by atoms with Gasteiger partial charge in [-0.05, 0) is 6.42 Å². The van der Waals surface area contributed by atoms with Gasteiger partial charge in [0, 0.05) is 0 Å². The molecule has 5 heteroatoms. The van der Waals surface area contributed by atoms with E-state index in [0.717, 1.165) is 0 Å². The van der Waals surface area contributed by atoms with Crippen LogP contribution in [0.25, 0.3) is 0 Å². The molecule has 0 spiro atoms. The van der Waals surface area contributed by atoms with E-state index in [4.69, 9.17) is 10.2 Å². The van der Waals surface area contributed by atoms with Gasteiger partial charge in [-0.25, -0.2) is 0 Å². The van der Waals surface area contributed by atoms with Gasteiger partial charge in [0.25, 0.3) is 0 Å². The summed E-state index contributed by atoms with van der Waals surface area (Å²) < 4.78 is 0. The molecule has 0 aromatic heterocycles. The van der Waals surface area contributed by atoms with Crippen LogP contribution >= 0.6 is 0 Å². The molecule has 64 valence electrons. The first-order valence-electron chi connectivity index (χ1n) is 3.27. The van der Waals surface area contributed by atoms with Crippen molar-refractivity contribution < 1.29 is 49.4 Å². The van der Waals surface area contributed by atoms with Gasteiger partial charge in [0.1, 0.15) is 5.41 Å². The van der Waals surface area contributed by atoms with Gasteiger partial charge in [0.15, 0.2) is 0 Å². The molecule has 0 unspecified atom stereocenters. The van der Waals surface area contributed by atoms with Crippen LogP contribution in [0.2, 0.25) is 0 Å². The molecule has 0 heterocycles. The molecule has 0 aliphatic rings. The van der Waals surface area contributed by atoms with Crippen LogP contribution < -0.4 is 29.6 Å². The van der Waals surface area contributed by atoms with Crippen molar-refractivity contribution >= 4 is 11.9 Å². The van der Waals surface area contributed by atoms with Crippen molar-refractivity contribution in [1.29, 1.82) is 0 Å². The van der Waals surface area contributed by atoms with E-state index in [0.29, 0.717) is 0 Å². The molecule has 0 amide bonds. The van der Waals surface area contributed by atoms with Gasteiger partial charge in [-0.2, -0.15) is 6.42 Å². The minimum atomic E-state index is -1.69. The third-order valence-electron chi connectivity index (χ3n) is 1.85. The molecule has 4 nitrogen and oxygen atoms in total. The van der Waals surface area contributed by atoms with Crippen molar-refractivity contribution in [3.8, 4) is 0 Å². The molecule has 0 radical (unpaired) electrons. The van der Waals surface area contributed by atoms with E-state index in [-0.39, 0.29) is 42.4 Å². The molecular formula is C7H11NaO4. The molecule has 0 aliphatic heterocycles. The zero-order valence-corrected chi connectivity index (χ0v) is 9.33. The number of carbonyl (C=O) groups is 2. The first-order chi connectivity index (χ1) is 5.01. The summed E-state index contributed by atoms with van der Waals surface area (Å²) in [6.07, 6.45) is -0.0741. The molecule has 0 bridgehead atoms. The molecule has 0 rings (SSSR count). The second-order valence-corrected chi connectivity index (χ2v) is 2.30. The van der Waals surface area contributed by atoms with Crippen LogP contribution in [0.1, 0.15) is 19.8 Å². The van der Waals surface area contributed by atoms with Crippen molar-refractivity contribution in [2.75, 3.05) is 0 Å². The standard InChI is InChI=1S/C7H11O4.Na/c1-3-7(4-2,5(8)9)6(10)11;/h1,3-4H2,2H3,(H,8,9)(H,10,11);/q-1;+1. The first kappa shape index (κ1) is 14.5. The monoisotopic (exact) mass is 182 g/mol. The van der Waals surface area contributed by atoms with Crippen molar-refractivity contribution in [2.24, 2.45) is 5.41 Å². The van der Waals surface area contributed by atoms with Gasteiger partial charge in [0.05, 0.1) is 0 Å². The fourth-order valence-electron chi connectivity index (χ4n) is 0.785. The molecule has 0 aliphatic carbocycles. The third-order valence-corrected chi connectivity index (χ3v) is 1.85. The van der Waals surface area contributed by atoms with Crippen LogP contribution in [-0.4, -0.2) is 22.2 Å². The summed E-state index contributed by atoms with van der Waals surface area (Å²) in [5.74, 6) is -2.63. The molecule has 0 fully saturated rings. The second-order valence-electron chi connectivity index (χ2n) is 2.30. The maximum Gasteiger partial charge on any atom is 1.00 e. The number of carboxylic acid groups (broad SMARTS) is 2. The van der Waals surface area contributed by atoms with Crippen molar-refractivity contribution in [3.63, 3.8) is 0 Å². The van der Waals surface area contributed by atoms with Crippen LogP contribution in [0.3, 0.4) is 0 Å². The Kier molecular flexibility index (Phi) is 6.70. The molecule has 0 aromatic carbocycles. The van der Waals surface area contributed by atoms with E-state index in [1.165, 1.54) is 6.92 Å². The summed E-state index contributed by atoms with van der Waals surface area (Å²) in [7, 11) is 0. The zero-order chi connectivity index (χ0) is 9.07. The normalized spacial score (nSPS) is 10.2. The van der Waals surface area contributed by atoms with E-state index in [2.05, 4.69) is 6.92 Å². The number of hydrogen-bond donors (Lipinski definition) is 2. The Bertz CT molecular complexity index is 158. The molecule has 0 aromatic rings. The predicted octanol–water partition coefficient (Wildman–Crippen LogP) is -2.22. The Morgan fingerprint density at radius 1 is 1.33 bits per heavy atom. The van der Waals surface area contributed by atoms with Crippen molar-refractivity contribution in [2.45, 2.75) is 19.8 Å². The second kappa shape index (κ2) is 5.56. The Balaban J connectivity index is 0. The smallest absolute Gasteiger partial charge is 0.480 e. The maximum absolute atomic E-state index is 10.5. The molecule has 2 N–H and O–H groups in total. The fourth-order valence-corrected chi connectivity index (χ4v) is 0.785. The largest absolute Gasteiger partial charge is 1.00 e. The van der Waals surface area contributed by atoms with Gasteiger partial charge < -0.3 is 17.1 Å². The molecule has 0 atom stereocenters. The summed E-state index contributed by atoms with van der Waals surface area (Å²) in [6, 6.07) is 0. The van der Waals surface area contributed by atoms with Crippen LogP contribution in [0.5, 0.6) is 0 Å². The van der Waals surface area contributed by atoms with E-state index >= 15 is 0 Å². The van der Waals surface area contributed by atoms with Crippen LogP contribution in [0.4, 0.5) is 0 Å². The molecule has 0 saturated heterocycles. The minimum Gasteiger partial charge on any atom is -0.480 e. The predicted molar refractivity (Wildman–Crippen MR) is 38.0 cm³/mol. The summed E-state index contributed by atoms with van der Waals surface area (Å²) in [5.41, 5.74) is -1.69. The van der Waals surface area contributed by atoms with Gasteiger partial charge in [0.2, 0.25) is 0 Å². The Labute approximate surface area is 93.3 Å². The fraction of sp³-hybridized carbons (Fsp3) is 0.571. The van der Waals surface area contributed by atoms with Gasteiger partial charge in [-0.3, -0.25) is 9.59 Å². The van der Waals surface area contributed by atoms with E-state index in [1.807, 2.05) is 0 Å². The van der Waals surface area contributed by atoms with Gasteiger partial charge in [-0.1, -0.05) is 6.92 Å². The summed E-state index contributed by atoms with van der Waals surface area (Å²) in [6.45, 7) is 4.83. The Morgan fingerprint density at radius 2 is 1.67 bits per heavy atom. The first-order valence-corrected chi connectivity index (χ1v) is 3.27. The molecule has 12 heavy (non-hydrogen) atoms. The average Bonchev–Trinajstić information content (AvgIpc) is 1.90. The third kappa shape index (κ3) is 2.47. The average molecular weight is 182 g/mol. The molecular weight excluding hydrogens is 171 g/mol. The number of carboxylic acids is 2. The van der Waals surface area contributed by atoms with Crippen LogP contribution in [0, 0.1) is 12.3 Å². The van der Waals surface area contributed by atoms with E-state index in [1.54, 1.807) is 0 Å². The SMILES string of the molecule is [CH2-]CC(CC)(C(=O)O)C(=O)O.[Na+]. The number of rotatable bonds is 4. The van der Waals surface area contributed by atoms with Crippen molar-refractivity contribution in [3.05, 3.63) is 6.92 Å². The Hall–Kier alpha value is -0.0600. The summed E-state index contributed by atoms with van der Waals surface area (Å²) in [5, 5.41) is 17.1. The Morgan fingerprint density at radius 3 is 1.67 bits per heavy atom. The van der Waals surface area contributed by atoms with Gasteiger partial charge >= 0.3 is 41.5 Å². The summed E-state index contributed by atoms with van der Waals surface area (Å²) in [4.78, 5) is 21.0. The van der Waals surface area contributed by atoms with Crippen molar-refractivity contribution in [1.82, 2.24) is 0 Å². The number of hydrogen-bond acceptors (Lipinski definition) is 2. The minimum absolute atomic E-state index is 0. The van der Waals surface area contributed by atoms with Crippen LogP contribution in [-0.2, 0) is 9.59 Å². The maximum atomic E-state index is 10.5. The zero-order valence-electron chi connectivity index (χ0n) is 7.33. The number of aliphatic carboxylic acids is 2. The van der Waals surface area contributed by atoms with Crippen LogP contribution in [0.15, 0.2) is 0 Å². The van der Waals surface area contributed by atoms with E-state index in [9.17, 15) is 9.59 Å².